The zero-order valence-corrected chi connectivity index (χ0v) is 8.47. The van der Waals surface area contributed by atoms with Crippen molar-refractivity contribution in [2.75, 3.05) is 0 Å². The molecule has 0 aromatic heterocycles. The predicted molar refractivity (Wildman–Crippen MR) is 54.5 cm³/mol. The SMILES string of the molecule is CC(=O)C1=COc2ccc(Cl)cc2C1. The van der Waals surface area contributed by atoms with Gasteiger partial charge in [-0.2, -0.15) is 0 Å². The van der Waals surface area contributed by atoms with Crippen molar-refractivity contribution in [2.24, 2.45) is 0 Å². The van der Waals surface area contributed by atoms with Crippen molar-refractivity contribution in [3.8, 4) is 5.75 Å². The van der Waals surface area contributed by atoms with Crippen molar-refractivity contribution in [2.45, 2.75) is 13.3 Å². The predicted octanol–water partition coefficient (Wildman–Crippen LogP) is 2.75. The zero-order chi connectivity index (χ0) is 10.1. The molecular formula is C11H9ClO2. The number of hydrogen-bond donors (Lipinski definition) is 0. The van der Waals surface area contributed by atoms with E-state index >= 15 is 0 Å². The fourth-order valence-corrected chi connectivity index (χ4v) is 1.58. The van der Waals surface area contributed by atoms with Crippen LogP contribution in [0.25, 0.3) is 0 Å². The lowest BCUT2D eigenvalue weighted by molar-refractivity contribution is -0.113. The number of ether oxygens (including phenoxy) is 1. The van der Waals surface area contributed by atoms with Crippen LogP contribution in [0.1, 0.15) is 12.5 Å². The van der Waals surface area contributed by atoms with Crippen LogP contribution in [0.2, 0.25) is 5.02 Å². The summed E-state index contributed by atoms with van der Waals surface area (Å²) >= 11 is 5.84. The molecule has 0 fully saturated rings. The molecule has 0 amide bonds. The molecule has 0 saturated heterocycles. The second-order valence-electron chi connectivity index (χ2n) is 3.25. The Morgan fingerprint density at radius 2 is 2.29 bits per heavy atom. The van der Waals surface area contributed by atoms with Crippen LogP contribution in [-0.4, -0.2) is 5.78 Å². The van der Waals surface area contributed by atoms with Gasteiger partial charge in [-0.15, -0.1) is 0 Å². The Labute approximate surface area is 87.1 Å². The summed E-state index contributed by atoms with van der Waals surface area (Å²) in [7, 11) is 0. The first-order valence-electron chi connectivity index (χ1n) is 4.32. The fourth-order valence-electron chi connectivity index (χ4n) is 1.39. The maximum absolute atomic E-state index is 11.1. The van der Waals surface area contributed by atoms with Crippen molar-refractivity contribution in [1.82, 2.24) is 0 Å². The second kappa shape index (κ2) is 3.46. The monoisotopic (exact) mass is 208 g/mol. The first-order chi connectivity index (χ1) is 6.66. The van der Waals surface area contributed by atoms with Crippen LogP contribution in [0.15, 0.2) is 30.0 Å². The van der Waals surface area contributed by atoms with Crippen molar-refractivity contribution < 1.29 is 9.53 Å². The number of ketones is 1. The van der Waals surface area contributed by atoms with Gasteiger partial charge in [0.2, 0.25) is 0 Å². The van der Waals surface area contributed by atoms with Crippen LogP contribution in [0.4, 0.5) is 0 Å². The summed E-state index contributed by atoms with van der Waals surface area (Å²) in [6, 6.07) is 5.41. The molecule has 1 aromatic rings. The second-order valence-corrected chi connectivity index (χ2v) is 3.68. The van der Waals surface area contributed by atoms with Crippen molar-refractivity contribution >= 4 is 17.4 Å². The molecule has 1 heterocycles. The molecule has 1 aliphatic heterocycles. The molecule has 0 aliphatic carbocycles. The van der Waals surface area contributed by atoms with E-state index in [1.165, 1.54) is 13.2 Å². The van der Waals surface area contributed by atoms with E-state index in [1.807, 2.05) is 12.1 Å². The Kier molecular flexibility index (Phi) is 2.30. The number of carbonyl (C=O) groups is 1. The van der Waals surface area contributed by atoms with Crippen molar-refractivity contribution in [3.05, 3.63) is 40.6 Å². The van der Waals surface area contributed by atoms with Crippen LogP contribution < -0.4 is 4.74 Å². The summed E-state index contributed by atoms with van der Waals surface area (Å²) in [5.74, 6) is 0.815. The molecule has 14 heavy (non-hydrogen) atoms. The molecule has 3 heteroatoms. The maximum atomic E-state index is 11.1. The highest BCUT2D eigenvalue weighted by molar-refractivity contribution is 6.30. The summed E-state index contributed by atoms with van der Waals surface area (Å²) in [5, 5.41) is 0.664. The molecule has 0 radical (unpaired) electrons. The fraction of sp³-hybridized carbons (Fsp3) is 0.182. The van der Waals surface area contributed by atoms with E-state index in [-0.39, 0.29) is 5.78 Å². The van der Waals surface area contributed by atoms with Gasteiger partial charge in [0.05, 0.1) is 6.26 Å². The number of carbonyl (C=O) groups excluding carboxylic acids is 1. The number of allylic oxidation sites excluding steroid dienone is 1. The Morgan fingerprint density at radius 3 is 3.00 bits per heavy atom. The molecule has 0 spiro atoms. The molecule has 2 rings (SSSR count). The van der Waals surface area contributed by atoms with Gasteiger partial charge in [0.15, 0.2) is 5.78 Å². The molecule has 0 unspecified atom stereocenters. The number of rotatable bonds is 1. The van der Waals surface area contributed by atoms with Gasteiger partial charge in [0.25, 0.3) is 0 Å². The number of halogens is 1. The van der Waals surface area contributed by atoms with Crippen LogP contribution in [-0.2, 0) is 11.2 Å². The van der Waals surface area contributed by atoms with E-state index in [1.54, 1.807) is 6.07 Å². The van der Waals surface area contributed by atoms with E-state index in [9.17, 15) is 4.79 Å². The van der Waals surface area contributed by atoms with Gasteiger partial charge in [-0.1, -0.05) is 11.6 Å². The first-order valence-corrected chi connectivity index (χ1v) is 4.69. The molecule has 0 saturated carbocycles. The Bertz CT molecular complexity index is 421. The third-order valence-corrected chi connectivity index (χ3v) is 2.42. The first kappa shape index (κ1) is 9.28. The number of Topliss-reactive ketones (excluding diaryl/α,β-unsaturated/α-hetero) is 1. The van der Waals surface area contributed by atoms with Gasteiger partial charge in [-0.3, -0.25) is 4.79 Å². The lowest BCUT2D eigenvalue weighted by Gasteiger charge is -2.15. The van der Waals surface area contributed by atoms with E-state index in [4.69, 9.17) is 16.3 Å². The zero-order valence-electron chi connectivity index (χ0n) is 7.71. The minimum Gasteiger partial charge on any atom is -0.464 e. The van der Waals surface area contributed by atoms with Crippen molar-refractivity contribution in [1.29, 1.82) is 0 Å². The summed E-state index contributed by atoms with van der Waals surface area (Å²) < 4.78 is 5.31. The van der Waals surface area contributed by atoms with Crippen LogP contribution in [0.3, 0.4) is 0 Å². The molecule has 2 nitrogen and oxygen atoms in total. The van der Waals surface area contributed by atoms with Gasteiger partial charge in [0, 0.05) is 22.6 Å². The summed E-state index contributed by atoms with van der Waals surface area (Å²) in [4.78, 5) is 11.1. The Hall–Kier alpha value is -1.28. The average molecular weight is 209 g/mol. The number of fused-ring (bicyclic) bond motifs is 1. The standard InChI is InChI=1S/C11H9ClO2/c1-7(13)9-4-8-5-10(12)2-3-11(8)14-6-9/h2-3,5-6H,4H2,1H3. The molecule has 1 aromatic carbocycles. The molecule has 0 atom stereocenters. The quantitative estimate of drug-likeness (QED) is 0.710. The highest BCUT2D eigenvalue weighted by Crippen LogP contribution is 2.29. The normalized spacial score (nSPS) is 14.0. The van der Waals surface area contributed by atoms with E-state index < -0.39 is 0 Å². The Balaban J connectivity index is 2.35. The molecule has 0 bridgehead atoms. The lowest BCUT2D eigenvalue weighted by atomic mass is 10.0. The van der Waals surface area contributed by atoms with Gasteiger partial charge in [-0.25, -0.2) is 0 Å². The topological polar surface area (TPSA) is 26.3 Å². The highest BCUT2D eigenvalue weighted by atomic mass is 35.5. The van der Waals surface area contributed by atoms with E-state index in [0.717, 1.165) is 11.3 Å². The minimum absolute atomic E-state index is 0.0376. The van der Waals surface area contributed by atoms with Crippen molar-refractivity contribution in [3.63, 3.8) is 0 Å². The largest absolute Gasteiger partial charge is 0.464 e. The molecule has 0 N–H and O–H groups in total. The maximum Gasteiger partial charge on any atom is 0.159 e. The number of benzene rings is 1. The highest BCUT2D eigenvalue weighted by Gasteiger charge is 2.15. The van der Waals surface area contributed by atoms with Gasteiger partial charge < -0.3 is 4.74 Å². The number of hydrogen-bond acceptors (Lipinski definition) is 2. The third-order valence-electron chi connectivity index (χ3n) is 2.18. The van der Waals surface area contributed by atoms with E-state index in [0.29, 0.717) is 17.0 Å². The molecule has 1 aliphatic rings. The summed E-state index contributed by atoms with van der Waals surface area (Å²) in [6.07, 6.45) is 2.11. The lowest BCUT2D eigenvalue weighted by Crippen LogP contribution is -2.08. The van der Waals surface area contributed by atoms with Gasteiger partial charge in [0.1, 0.15) is 5.75 Å². The molecular weight excluding hydrogens is 200 g/mol. The Morgan fingerprint density at radius 1 is 1.50 bits per heavy atom. The van der Waals surface area contributed by atoms with Crippen LogP contribution in [0.5, 0.6) is 5.75 Å². The summed E-state index contributed by atoms with van der Waals surface area (Å²) in [5.41, 5.74) is 1.64. The van der Waals surface area contributed by atoms with Crippen LogP contribution >= 0.6 is 11.6 Å². The summed E-state index contributed by atoms with van der Waals surface area (Å²) in [6.45, 7) is 1.53. The van der Waals surface area contributed by atoms with Gasteiger partial charge in [-0.05, 0) is 25.1 Å². The smallest absolute Gasteiger partial charge is 0.159 e. The van der Waals surface area contributed by atoms with E-state index in [2.05, 4.69) is 0 Å². The minimum atomic E-state index is 0.0376. The van der Waals surface area contributed by atoms with Gasteiger partial charge >= 0.3 is 0 Å². The average Bonchev–Trinajstić information content (AvgIpc) is 2.16. The third kappa shape index (κ3) is 1.66. The van der Waals surface area contributed by atoms with Crippen LogP contribution in [0, 0.1) is 0 Å². The molecule has 72 valence electrons.